The lowest BCUT2D eigenvalue weighted by atomic mass is 10.0. The number of methoxy groups -OCH3 is 1. The minimum absolute atomic E-state index is 0.0358. The summed E-state index contributed by atoms with van der Waals surface area (Å²) in [7, 11) is 1.58. The summed E-state index contributed by atoms with van der Waals surface area (Å²) in [5.41, 5.74) is 0.650. The number of halogens is 1. The van der Waals surface area contributed by atoms with E-state index in [4.69, 9.17) is 4.74 Å². The van der Waals surface area contributed by atoms with Crippen LogP contribution in [0.1, 0.15) is 24.2 Å². The molecular weight excluding hydrogens is 292 g/mol. The number of hydrogen-bond acceptors (Lipinski definition) is 2. The van der Waals surface area contributed by atoms with Gasteiger partial charge >= 0.3 is 0 Å². The van der Waals surface area contributed by atoms with Crippen LogP contribution in [0.4, 0.5) is 0 Å². The van der Waals surface area contributed by atoms with E-state index < -0.39 is 0 Å². The Morgan fingerprint density at radius 1 is 1.17 bits per heavy atom. The van der Waals surface area contributed by atoms with Crippen LogP contribution in [0.2, 0.25) is 0 Å². The van der Waals surface area contributed by atoms with Gasteiger partial charge in [-0.05, 0) is 16.8 Å². The average Bonchev–Trinajstić information content (AvgIpc) is 2.47. The lowest BCUT2D eigenvalue weighted by molar-refractivity contribution is 0.102. The van der Waals surface area contributed by atoms with Crippen molar-refractivity contribution in [1.29, 1.82) is 0 Å². The van der Waals surface area contributed by atoms with E-state index in [1.165, 1.54) is 0 Å². The maximum absolute atomic E-state index is 11.9. The van der Waals surface area contributed by atoms with Crippen LogP contribution in [0.3, 0.4) is 0 Å². The summed E-state index contributed by atoms with van der Waals surface area (Å²) in [6, 6.07) is 11.6. The fourth-order valence-corrected chi connectivity index (χ4v) is 2.06. The van der Waals surface area contributed by atoms with E-state index in [0.717, 1.165) is 10.8 Å². The summed E-state index contributed by atoms with van der Waals surface area (Å²) in [6.45, 7) is 4.00. The second-order valence-electron chi connectivity index (χ2n) is 3.42. The maximum Gasteiger partial charge on any atom is 0.177 e. The van der Waals surface area contributed by atoms with Gasteiger partial charge in [-0.1, -0.05) is 60.1 Å². The minimum Gasteiger partial charge on any atom is -0.496 e. The third-order valence-corrected chi connectivity index (χ3v) is 3.02. The highest BCUT2D eigenvalue weighted by Crippen LogP contribution is 2.28. The Morgan fingerprint density at radius 2 is 1.83 bits per heavy atom. The summed E-state index contributed by atoms with van der Waals surface area (Å²) in [5.74, 6) is 0.664. The standard InChI is InChI=1S/C13H11BrO2.C2H6/c1-16-12-7-6-9-4-2-3-5-10(9)13(12)11(15)8-14;1-2/h2-7H,8H2,1H3;1-2H3. The third-order valence-electron chi connectivity index (χ3n) is 2.51. The Hall–Kier alpha value is -1.35. The molecule has 2 aromatic rings. The second-order valence-corrected chi connectivity index (χ2v) is 3.98. The van der Waals surface area contributed by atoms with Crippen LogP contribution in [0.15, 0.2) is 36.4 Å². The first-order valence-electron chi connectivity index (χ1n) is 5.93. The number of benzene rings is 2. The molecule has 96 valence electrons. The van der Waals surface area contributed by atoms with E-state index in [1.807, 2.05) is 50.2 Å². The van der Waals surface area contributed by atoms with E-state index in [1.54, 1.807) is 7.11 Å². The molecular formula is C15H17BrO2. The molecule has 0 aromatic heterocycles. The van der Waals surface area contributed by atoms with Gasteiger partial charge in [-0.3, -0.25) is 4.79 Å². The number of rotatable bonds is 3. The monoisotopic (exact) mass is 308 g/mol. The highest BCUT2D eigenvalue weighted by molar-refractivity contribution is 9.09. The summed E-state index contributed by atoms with van der Waals surface area (Å²) in [6.07, 6.45) is 0. The number of alkyl halides is 1. The molecule has 0 saturated carbocycles. The average molecular weight is 309 g/mol. The van der Waals surface area contributed by atoms with Gasteiger partial charge in [-0.25, -0.2) is 0 Å². The number of ketones is 1. The van der Waals surface area contributed by atoms with E-state index in [9.17, 15) is 4.79 Å². The molecule has 0 amide bonds. The Morgan fingerprint density at radius 3 is 2.44 bits per heavy atom. The van der Waals surface area contributed by atoms with E-state index in [-0.39, 0.29) is 5.78 Å². The molecule has 0 fully saturated rings. The zero-order valence-electron chi connectivity index (χ0n) is 10.9. The lowest BCUT2D eigenvalue weighted by Gasteiger charge is -2.09. The molecule has 0 saturated heterocycles. The molecule has 2 aromatic carbocycles. The van der Waals surface area contributed by atoms with Crippen molar-refractivity contribution in [3.8, 4) is 5.75 Å². The Kier molecular flexibility index (Phi) is 5.86. The molecule has 0 N–H and O–H groups in total. The molecule has 0 aliphatic carbocycles. The molecule has 0 atom stereocenters. The molecule has 0 heterocycles. The number of Topliss-reactive ketones (excluding diaryl/α,β-unsaturated/α-hetero) is 1. The normalized spacial score (nSPS) is 9.56. The van der Waals surface area contributed by atoms with Crippen LogP contribution >= 0.6 is 15.9 Å². The Labute approximate surface area is 116 Å². The number of hydrogen-bond donors (Lipinski definition) is 0. The van der Waals surface area contributed by atoms with Gasteiger partial charge in [0.2, 0.25) is 0 Å². The van der Waals surface area contributed by atoms with Crippen LogP contribution in [0, 0.1) is 0 Å². The van der Waals surface area contributed by atoms with Crippen LogP contribution in [-0.2, 0) is 0 Å². The van der Waals surface area contributed by atoms with Gasteiger partial charge in [0.1, 0.15) is 5.75 Å². The quantitative estimate of drug-likeness (QED) is 0.618. The number of carbonyl (C=O) groups is 1. The number of ether oxygens (including phenoxy) is 1. The first-order valence-corrected chi connectivity index (χ1v) is 7.05. The molecule has 0 aliphatic rings. The van der Waals surface area contributed by atoms with Crippen molar-refractivity contribution in [2.75, 3.05) is 12.4 Å². The van der Waals surface area contributed by atoms with Gasteiger partial charge < -0.3 is 4.74 Å². The van der Waals surface area contributed by atoms with Crippen molar-refractivity contribution < 1.29 is 9.53 Å². The number of fused-ring (bicyclic) bond motifs is 1. The van der Waals surface area contributed by atoms with Gasteiger partial charge in [0.05, 0.1) is 18.0 Å². The Balaban J connectivity index is 0.000000771. The first kappa shape index (κ1) is 14.7. The van der Waals surface area contributed by atoms with Crippen molar-refractivity contribution in [3.63, 3.8) is 0 Å². The SMILES string of the molecule is CC.COc1ccc2ccccc2c1C(=O)CBr. The molecule has 0 radical (unpaired) electrons. The molecule has 18 heavy (non-hydrogen) atoms. The lowest BCUT2D eigenvalue weighted by Crippen LogP contribution is -2.04. The zero-order chi connectivity index (χ0) is 13.5. The maximum atomic E-state index is 11.9. The molecule has 2 rings (SSSR count). The summed E-state index contributed by atoms with van der Waals surface area (Å²) in [4.78, 5) is 11.9. The highest BCUT2D eigenvalue weighted by Gasteiger charge is 2.14. The van der Waals surface area contributed by atoms with Crippen LogP contribution in [-0.4, -0.2) is 18.2 Å². The van der Waals surface area contributed by atoms with Gasteiger partial charge in [-0.2, -0.15) is 0 Å². The molecule has 0 bridgehead atoms. The first-order chi connectivity index (χ1) is 8.77. The van der Waals surface area contributed by atoms with Gasteiger partial charge in [0, 0.05) is 0 Å². The fraction of sp³-hybridized carbons (Fsp3) is 0.267. The third kappa shape index (κ3) is 2.91. The molecule has 0 unspecified atom stereocenters. The van der Waals surface area contributed by atoms with Crippen LogP contribution in [0.5, 0.6) is 5.75 Å². The molecule has 2 nitrogen and oxygen atoms in total. The largest absolute Gasteiger partial charge is 0.496 e. The van der Waals surface area contributed by atoms with Crippen molar-refractivity contribution in [2.45, 2.75) is 13.8 Å². The Bertz CT molecular complexity index is 535. The zero-order valence-corrected chi connectivity index (χ0v) is 12.5. The molecule has 0 spiro atoms. The van der Waals surface area contributed by atoms with Gasteiger partial charge in [0.15, 0.2) is 5.78 Å². The molecule has 0 aliphatic heterocycles. The van der Waals surface area contributed by atoms with Gasteiger partial charge in [0.25, 0.3) is 0 Å². The van der Waals surface area contributed by atoms with Crippen molar-refractivity contribution in [3.05, 3.63) is 42.0 Å². The molecule has 3 heteroatoms. The number of carbonyl (C=O) groups excluding carboxylic acids is 1. The summed E-state index contributed by atoms with van der Waals surface area (Å²) < 4.78 is 5.23. The minimum atomic E-state index is 0.0358. The van der Waals surface area contributed by atoms with E-state index in [2.05, 4.69) is 15.9 Å². The van der Waals surface area contributed by atoms with Crippen molar-refractivity contribution >= 4 is 32.5 Å². The fourth-order valence-electron chi connectivity index (χ4n) is 1.78. The highest BCUT2D eigenvalue weighted by atomic mass is 79.9. The van der Waals surface area contributed by atoms with Crippen molar-refractivity contribution in [1.82, 2.24) is 0 Å². The van der Waals surface area contributed by atoms with E-state index in [0.29, 0.717) is 16.6 Å². The topological polar surface area (TPSA) is 26.3 Å². The van der Waals surface area contributed by atoms with Crippen molar-refractivity contribution in [2.24, 2.45) is 0 Å². The predicted molar refractivity (Wildman–Crippen MR) is 80.0 cm³/mol. The smallest absolute Gasteiger partial charge is 0.177 e. The van der Waals surface area contributed by atoms with Crippen LogP contribution in [0.25, 0.3) is 10.8 Å². The summed E-state index contributed by atoms with van der Waals surface area (Å²) >= 11 is 3.20. The summed E-state index contributed by atoms with van der Waals surface area (Å²) in [5, 5.41) is 2.29. The van der Waals surface area contributed by atoms with E-state index >= 15 is 0 Å². The van der Waals surface area contributed by atoms with Gasteiger partial charge in [-0.15, -0.1) is 0 Å². The predicted octanol–water partition coefficient (Wildman–Crippen LogP) is 4.45. The van der Waals surface area contributed by atoms with Crippen LogP contribution < -0.4 is 4.74 Å². The second kappa shape index (κ2) is 7.17.